The fourth-order valence-electron chi connectivity index (χ4n) is 2.49. The van der Waals surface area contributed by atoms with Crippen LogP contribution in [-0.2, 0) is 11.3 Å². The van der Waals surface area contributed by atoms with Crippen LogP contribution < -0.4 is 21.3 Å². The number of nitrogens with one attached hydrogen (secondary N) is 2. The Hall–Kier alpha value is -3.06. The van der Waals surface area contributed by atoms with Crippen molar-refractivity contribution >= 4 is 28.4 Å². The molecule has 26 heavy (non-hydrogen) atoms. The SMILES string of the molecule is O=C(Cn1c(=O)[nH]c(=O)c2ccccc21)NCCOc1ccc(Cl)cc1. The van der Waals surface area contributed by atoms with E-state index < -0.39 is 11.2 Å². The highest BCUT2D eigenvalue weighted by atomic mass is 35.5. The lowest BCUT2D eigenvalue weighted by Crippen LogP contribution is -2.37. The Balaban J connectivity index is 1.60. The molecule has 0 spiro atoms. The van der Waals surface area contributed by atoms with Crippen molar-refractivity contribution in [2.24, 2.45) is 0 Å². The molecule has 0 bridgehead atoms. The zero-order valence-corrected chi connectivity index (χ0v) is 14.5. The predicted molar refractivity (Wildman–Crippen MR) is 98.8 cm³/mol. The molecule has 2 aromatic carbocycles. The first-order valence-corrected chi connectivity index (χ1v) is 8.29. The van der Waals surface area contributed by atoms with Crippen LogP contribution in [0.15, 0.2) is 58.1 Å². The zero-order chi connectivity index (χ0) is 18.5. The number of halogens is 1. The third-order valence-corrected chi connectivity index (χ3v) is 3.97. The number of carbonyl (C=O) groups is 1. The van der Waals surface area contributed by atoms with Crippen molar-refractivity contribution in [3.63, 3.8) is 0 Å². The quantitative estimate of drug-likeness (QED) is 0.641. The standard InChI is InChI=1S/C18H16ClN3O4/c19-12-5-7-13(8-6-12)26-10-9-20-16(23)11-22-15-4-2-1-3-14(15)17(24)21-18(22)25/h1-8H,9-11H2,(H,20,23)(H,21,24,25). The Bertz CT molecular complexity index is 1040. The van der Waals surface area contributed by atoms with Gasteiger partial charge in [-0.2, -0.15) is 0 Å². The average molecular weight is 374 g/mol. The highest BCUT2D eigenvalue weighted by Crippen LogP contribution is 2.15. The van der Waals surface area contributed by atoms with Crippen molar-refractivity contribution in [3.8, 4) is 5.75 Å². The number of rotatable bonds is 6. The molecule has 3 aromatic rings. The molecule has 1 aromatic heterocycles. The van der Waals surface area contributed by atoms with Crippen LogP contribution >= 0.6 is 11.6 Å². The van der Waals surface area contributed by atoms with Gasteiger partial charge in [-0.25, -0.2) is 4.79 Å². The number of nitrogens with zero attached hydrogens (tertiary/aromatic N) is 1. The van der Waals surface area contributed by atoms with E-state index in [1.807, 2.05) is 0 Å². The number of hydrogen-bond donors (Lipinski definition) is 2. The van der Waals surface area contributed by atoms with Gasteiger partial charge < -0.3 is 10.1 Å². The number of carbonyl (C=O) groups excluding carboxylic acids is 1. The molecule has 8 heteroatoms. The van der Waals surface area contributed by atoms with E-state index in [2.05, 4.69) is 10.3 Å². The Kier molecular flexibility index (Phi) is 5.38. The van der Waals surface area contributed by atoms with Crippen molar-refractivity contribution < 1.29 is 9.53 Å². The number of fused-ring (bicyclic) bond motifs is 1. The third-order valence-electron chi connectivity index (χ3n) is 3.71. The molecule has 0 aliphatic heterocycles. The smallest absolute Gasteiger partial charge is 0.329 e. The minimum Gasteiger partial charge on any atom is -0.492 e. The maximum absolute atomic E-state index is 12.1. The number of benzene rings is 2. The van der Waals surface area contributed by atoms with E-state index in [0.29, 0.717) is 21.7 Å². The van der Waals surface area contributed by atoms with Gasteiger partial charge in [0.15, 0.2) is 0 Å². The van der Waals surface area contributed by atoms with Crippen LogP contribution in [0.3, 0.4) is 0 Å². The van der Waals surface area contributed by atoms with Gasteiger partial charge in [0.2, 0.25) is 5.91 Å². The van der Waals surface area contributed by atoms with Gasteiger partial charge in [0.05, 0.1) is 17.4 Å². The maximum Gasteiger partial charge on any atom is 0.329 e. The van der Waals surface area contributed by atoms with Gasteiger partial charge >= 0.3 is 5.69 Å². The lowest BCUT2D eigenvalue weighted by molar-refractivity contribution is -0.121. The van der Waals surface area contributed by atoms with Crippen LogP contribution in [0, 0.1) is 0 Å². The molecule has 0 atom stereocenters. The molecule has 0 aliphatic carbocycles. The molecular weight excluding hydrogens is 358 g/mol. The van der Waals surface area contributed by atoms with E-state index in [1.165, 1.54) is 4.57 Å². The fraction of sp³-hybridized carbons (Fsp3) is 0.167. The number of H-pyrrole nitrogens is 1. The molecule has 1 heterocycles. The Morgan fingerprint density at radius 1 is 1.12 bits per heavy atom. The van der Waals surface area contributed by atoms with Gasteiger partial charge in [-0.15, -0.1) is 0 Å². The summed E-state index contributed by atoms with van der Waals surface area (Å²) in [6.07, 6.45) is 0. The van der Waals surface area contributed by atoms with Crippen molar-refractivity contribution in [3.05, 3.63) is 74.4 Å². The van der Waals surface area contributed by atoms with Crippen LogP contribution in [0.25, 0.3) is 10.9 Å². The summed E-state index contributed by atoms with van der Waals surface area (Å²) in [5, 5.41) is 3.65. The Morgan fingerprint density at radius 3 is 2.62 bits per heavy atom. The van der Waals surface area contributed by atoms with E-state index >= 15 is 0 Å². The van der Waals surface area contributed by atoms with Gasteiger partial charge in [0, 0.05) is 5.02 Å². The molecule has 7 nitrogen and oxygen atoms in total. The first-order valence-electron chi connectivity index (χ1n) is 7.91. The molecule has 0 saturated heterocycles. The summed E-state index contributed by atoms with van der Waals surface area (Å²) in [6, 6.07) is 13.5. The first-order chi connectivity index (χ1) is 12.5. The van der Waals surface area contributed by atoms with E-state index in [9.17, 15) is 14.4 Å². The molecule has 134 valence electrons. The van der Waals surface area contributed by atoms with Crippen LogP contribution in [0.1, 0.15) is 0 Å². The summed E-state index contributed by atoms with van der Waals surface area (Å²) >= 11 is 5.79. The van der Waals surface area contributed by atoms with Gasteiger partial charge in [0.25, 0.3) is 5.56 Å². The van der Waals surface area contributed by atoms with Gasteiger partial charge in [-0.1, -0.05) is 23.7 Å². The summed E-state index contributed by atoms with van der Waals surface area (Å²) in [5.41, 5.74) is -0.686. The Labute approximate surface area is 153 Å². The maximum atomic E-state index is 12.1. The van der Waals surface area contributed by atoms with Crippen LogP contribution in [-0.4, -0.2) is 28.6 Å². The summed E-state index contributed by atoms with van der Waals surface area (Å²) in [4.78, 5) is 38.2. The minimum atomic E-state index is -0.624. The highest BCUT2D eigenvalue weighted by molar-refractivity contribution is 6.30. The number of para-hydroxylation sites is 1. The van der Waals surface area contributed by atoms with Gasteiger partial charge in [-0.3, -0.25) is 19.1 Å². The number of amides is 1. The van der Waals surface area contributed by atoms with Crippen molar-refractivity contribution in [1.29, 1.82) is 0 Å². The molecule has 2 N–H and O–H groups in total. The van der Waals surface area contributed by atoms with Crippen LogP contribution in [0.2, 0.25) is 5.02 Å². The number of ether oxygens (including phenoxy) is 1. The molecule has 3 rings (SSSR count). The lowest BCUT2D eigenvalue weighted by atomic mass is 10.2. The summed E-state index contributed by atoms with van der Waals surface area (Å²) < 4.78 is 6.71. The summed E-state index contributed by atoms with van der Waals surface area (Å²) in [7, 11) is 0. The van der Waals surface area contributed by atoms with Crippen LogP contribution in [0.5, 0.6) is 5.75 Å². The predicted octanol–water partition coefficient (Wildman–Crippen LogP) is 1.54. The monoisotopic (exact) mass is 373 g/mol. The van der Waals surface area contributed by atoms with Gasteiger partial charge in [-0.05, 0) is 36.4 Å². The molecule has 0 unspecified atom stereocenters. The second-order valence-corrected chi connectivity index (χ2v) is 5.95. The summed E-state index contributed by atoms with van der Waals surface area (Å²) in [6.45, 7) is 0.350. The van der Waals surface area contributed by atoms with E-state index in [1.54, 1.807) is 48.5 Å². The number of hydrogen-bond acceptors (Lipinski definition) is 4. The average Bonchev–Trinajstić information content (AvgIpc) is 2.64. The van der Waals surface area contributed by atoms with E-state index in [4.69, 9.17) is 16.3 Å². The van der Waals surface area contributed by atoms with Crippen LogP contribution in [0.4, 0.5) is 0 Å². The number of aromatic nitrogens is 2. The zero-order valence-electron chi connectivity index (χ0n) is 13.7. The lowest BCUT2D eigenvalue weighted by Gasteiger charge is -2.10. The molecule has 0 radical (unpaired) electrons. The molecule has 0 saturated carbocycles. The second-order valence-electron chi connectivity index (χ2n) is 5.51. The topological polar surface area (TPSA) is 93.2 Å². The normalized spacial score (nSPS) is 10.7. The number of aromatic amines is 1. The summed E-state index contributed by atoms with van der Waals surface area (Å²) in [5.74, 6) is 0.288. The largest absolute Gasteiger partial charge is 0.492 e. The van der Waals surface area contributed by atoms with Crippen molar-refractivity contribution in [1.82, 2.24) is 14.9 Å². The minimum absolute atomic E-state index is 0.197. The first kappa shape index (κ1) is 17.8. The molecule has 0 aliphatic rings. The highest BCUT2D eigenvalue weighted by Gasteiger charge is 2.10. The van der Waals surface area contributed by atoms with Gasteiger partial charge in [0.1, 0.15) is 18.9 Å². The third kappa shape index (κ3) is 4.12. The van der Waals surface area contributed by atoms with E-state index in [-0.39, 0.29) is 25.6 Å². The van der Waals surface area contributed by atoms with E-state index in [0.717, 1.165) is 0 Å². The fourth-order valence-corrected chi connectivity index (χ4v) is 2.61. The second kappa shape index (κ2) is 7.88. The molecule has 0 fully saturated rings. The molecular formula is C18H16ClN3O4. The van der Waals surface area contributed by atoms with Crippen molar-refractivity contribution in [2.75, 3.05) is 13.2 Å². The molecule has 1 amide bonds. The Morgan fingerprint density at radius 2 is 1.85 bits per heavy atom. The van der Waals surface area contributed by atoms with Crippen molar-refractivity contribution in [2.45, 2.75) is 6.54 Å².